The third-order valence-corrected chi connectivity index (χ3v) is 5.13. The molecule has 168 valence electrons. The van der Waals surface area contributed by atoms with Crippen molar-refractivity contribution in [2.24, 2.45) is 5.73 Å². The quantitative estimate of drug-likeness (QED) is 0.379. The summed E-state index contributed by atoms with van der Waals surface area (Å²) in [7, 11) is 0. The number of aromatic nitrogens is 2. The molecule has 1 aliphatic carbocycles. The minimum Gasteiger partial charge on any atom is -0.457 e. The first-order valence-corrected chi connectivity index (χ1v) is 10.6. The Morgan fingerprint density at radius 2 is 1.70 bits per heavy atom. The smallest absolute Gasteiger partial charge is 0.258 e. The van der Waals surface area contributed by atoms with Crippen LogP contribution in [0.25, 0.3) is 11.1 Å². The number of anilines is 2. The molecule has 0 atom stereocenters. The van der Waals surface area contributed by atoms with Crippen LogP contribution in [-0.2, 0) is 4.79 Å². The van der Waals surface area contributed by atoms with Gasteiger partial charge in [-0.25, -0.2) is 9.97 Å². The average Bonchev–Trinajstić information content (AvgIpc) is 3.34. The van der Waals surface area contributed by atoms with Crippen molar-refractivity contribution in [2.75, 3.05) is 11.1 Å². The van der Waals surface area contributed by atoms with Crippen molar-refractivity contribution in [3.63, 3.8) is 0 Å². The predicted molar refractivity (Wildman–Crippen MR) is 128 cm³/mol. The van der Waals surface area contributed by atoms with Gasteiger partial charge in [-0.1, -0.05) is 49.8 Å². The second-order valence-electron chi connectivity index (χ2n) is 7.50. The standard InChI is InChI=1S/C21H22N4O.C4H4N2O/c22-20-19(21(24-14-23-20)25-16-6-4-5-7-16)15-10-12-18(13-11-15)26-17-8-2-1-3-9-17;1-3(2-5)4(6)7/h1-3,8-14,16H,4-7H2,(H3,22,23,24,25);1H2,(H2,6,7). The summed E-state index contributed by atoms with van der Waals surface area (Å²) in [6.45, 7) is 3.04. The van der Waals surface area contributed by atoms with Gasteiger partial charge in [0, 0.05) is 6.04 Å². The second kappa shape index (κ2) is 11.3. The van der Waals surface area contributed by atoms with Crippen LogP contribution in [0.2, 0.25) is 0 Å². The molecule has 4 rings (SSSR count). The Bertz CT molecular complexity index is 1130. The first kappa shape index (κ1) is 23.3. The van der Waals surface area contributed by atoms with Gasteiger partial charge in [0.15, 0.2) is 0 Å². The van der Waals surface area contributed by atoms with Crippen molar-refractivity contribution in [3.05, 3.63) is 73.1 Å². The predicted octanol–water partition coefficient (Wildman–Crippen LogP) is 4.42. The molecule has 8 nitrogen and oxygen atoms in total. The molecule has 2 aromatic carbocycles. The summed E-state index contributed by atoms with van der Waals surface area (Å²) in [5.74, 6) is 2.12. The second-order valence-corrected chi connectivity index (χ2v) is 7.50. The SMILES string of the molecule is C=C(C#N)C(N)=O.Nc1ncnc(NC2CCCC2)c1-c1ccc(Oc2ccccc2)cc1. The first-order chi connectivity index (χ1) is 16.0. The number of benzene rings is 2. The highest BCUT2D eigenvalue weighted by molar-refractivity contribution is 5.95. The van der Waals surface area contributed by atoms with E-state index in [4.69, 9.17) is 15.7 Å². The maximum Gasteiger partial charge on any atom is 0.258 e. The van der Waals surface area contributed by atoms with Crippen LogP contribution < -0.4 is 21.5 Å². The van der Waals surface area contributed by atoms with E-state index in [1.165, 1.54) is 38.1 Å². The van der Waals surface area contributed by atoms with Gasteiger partial charge < -0.3 is 21.5 Å². The maximum absolute atomic E-state index is 9.83. The molecule has 1 fully saturated rings. The Hall–Kier alpha value is -4.38. The van der Waals surface area contributed by atoms with E-state index in [0.717, 1.165) is 28.4 Å². The van der Waals surface area contributed by atoms with Crippen LogP contribution in [0.15, 0.2) is 73.1 Å². The number of nitrogens with zero attached hydrogens (tertiary/aromatic N) is 3. The number of nitrogens with two attached hydrogens (primary N) is 2. The number of amides is 1. The lowest BCUT2D eigenvalue weighted by atomic mass is 10.1. The number of carbonyl (C=O) groups excluding carboxylic acids is 1. The van der Waals surface area contributed by atoms with Gasteiger partial charge in [0.05, 0.1) is 5.56 Å². The van der Waals surface area contributed by atoms with Gasteiger partial charge in [0.25, 0.3) is 5.91 Å². The topological polar surface area (TPSA) is 140 Å². The zero-order valence-electron chi connectivity index (χ0n) is 18.2. The van der Waals surface area contributed by atoms with Gasteiger partial charge in [-0.3, -0.25) is 4.79 Å². The molecular weight excluding hydrogens is 416 g/mol. The molecule has 3 aromatic rings. The lowest BCUT2D eigenvalue weighted by Gasteiger charge is -2.17. The highest BCUT2D eigenvalue weighted by Crippen LogP contribution is 2.34. The molecule has 0 radical (unpaired) electrons. The van der Waals surface area contributed by atoms with E-state index >= 15 is 0 Å². The lowest BCUT2D eigenvalue weighted by Crippen LogP contribution is -2.17. The van der Waals surface area contributed by atoms with Crippen LogP contribution in [0, 0.1) is 11.3 Å². The van der Waals surface area contributed by atoms with E-state index in [-0.39, 0.29) is 5.57 Å². The fraction of sp³-hybridized carbons (Fsp3) is 0.200. The summed E-state index contributed by atoms with van der Waals surface area (Å²) in [6, 6.07) is 19.6. The van der Waals surface area contributed by atoms with Crippen molar-refractivity contribution in [3.8, 4) is 28.7 Å². The Kier molecular flexibility index (Phi) is 7.97. The molecule has 1 aliphatic rings. The zero-order valence-corrected chi connectivity index (χ0v) is 18.2. The van der Waals surface area contributed by atoms with Gasteiger partial charge in [-0.15, -0.1) is 0 Å². The van der Waals surface area contributed by atoms with Crippen LogP contribution >= 0.6 is 0 Å². The fourth-order valence-electron chi connectivity index (χ4n) is 3.43. The van der Waals surface area contributed by atoms with E-state index in [1.807, 2.05) is 54.6 Å². The molecule has 0 bridgehead atoms. The Morgan fingerprint density at radius 3 is 2.27 bits per heavy atom. The average molecular weight is 443 g/mol. The van der Waals surface area contributed by atoms with Crippen LogP contribution in [-0.4, -0.2) is 21.9 Å². The molecule has 5 N–H and O–H groups in total. The minimum absolute atomic E-state index is 0.208. The Morgan fingerprint density at radius 1 is 1.06 bits per heavy atom. The molecule has 1 aromatic heterocycles. The van der Waals surface area contributed by atoms with Crippen LogP contribution in [0.4, 0.5) is 11.6 Å². The van der Waals surface area contributed by atoms with Gasteiger partial charge in [-0.2, -0.15) is 5.26 Å². The van der Waals surface area contributed by atoms with Crippen LogP contribution in [0.1, 0.15) is 25.7 Å². The minimum atomic E-state index is -0.762. The molecule has 1 heterocycles. The van der Waals surface area contributed by atoms with E-state index in [1.54, 1.807) is 0 Å². The lowest BCUT2D eigenvalue weighted by molar-refractivity contribution is -0.114. The summed E-state index contributed by atoms with van der Waals surface area (Å²) in [4.78, 5) is 18.4. The highest BCUT2D eigenvalue weighted by Gasteiger charge is 2.19. The van der Waals surface area contributed by atoms with E-state index in [2.05, 4.69) is 27.6 Å². The number of carbonyl (C=O) groups is 1. The molecule has 1 saturated carbocycles. The number of rotatable bonds is 6. The largest absolute Gasteiger partial charge is 0.457 e. The molecule has 0 spiro atoms. The van der Waals surface area contributed by atoms with Gasteiger partial charge in [0.1, 0.15) is 41.1 Å². The van der Waals surface area contributed by atoms with Crippen molar-refractivity contribution in [1.29, 1.82) is 5.26 Å². The summed E-state index contributed by atoms with van der Waals surface area (Å²) in [5, 5.41) is 11.4. The Labute approximate surface area is 192 Å². The van der Waals surface area contributed by atoms with Crippen molar-refractivity contribution >= 4 is 17.5 Å². The monoisotopic (exact) mass is 442 g/mol. The Balaban J connectivity index is 0.000000383. The molecule has 0 aliphatic heterocycles. The van der Waals surface area contributed by atoms with Crippen LogP contribution in [0.5, 0.6) is 11.5 Å². The summed E-state index contributed by atoms with van der Waals surface area (Å²) in [5.41, 5.74) is 12.4. The number of primary amides is 1. The third-order valence-electron chi connectivity index (χ3n) is 5.13. The number of para-hydroxylation sites is 1. The van der Waals surface area contributed by atoms with Crippen LogP contribution in [0.3, 0.4) is 0 Å². The molecule has 1 amide bonds. The van der Waals surface area contributed by atoms with Gasteiger partial charge in [-0.05, 0) is 42.7 Å². The number of hydrogen-bond donors (Lipinski definition) is 3. The van der Waals surface area contributed by atoms with Crippen molar-refractivity contribution in [2.45, 2.75) is 31.7 Å². The highest BCUT2D eigenvalue weighted by atomic mass is 16.5. The maximum atomic E-state index is 9.83. The molecule has 0 unspecified atom stereocenters. The van der Waals surface area contributed by atoms with E-state index in [0.29, 0.717) is 11.9 Å². The summed E-state index contributed by atoms with van der Waals surface area (Å²) < 4.78 is 5.86. The third kappa shape index (κ3) is 6.55. The first-order valence-electron chi connectivity index (χ1n) is 10.6. The number of nitriles is 1. The molecule has 33 heavy (non-hydrogen) atoms. The van der Waals surface area contributed by atoms with Gasteiger partial charge >= 0.3 is 0 Å². The molecular formula is C25H26N6O2. The number of nitrogens with one attached hydrogen (secondary N) is 1. The number of hydrogen-bond acceptors (Lipinski definition) is 7. The van der Waals surface area contributed by atoms with Gasteiger partial charge in [0.2, 0.25) is 0 Å². The van der Waals surface area contributed by atoms with E-state index < -0.39 is 5.91 Å². The number of nitrogen functional groups attached to an aromatic ring is 1. The van der Waals surface area contributed by atoms with Crippen molar-refractivity contribution < 1.29 is 9.53 Å². The summed E-state index contributed by atoms with van der Waals surface area (Å²) >= 11 is 0. The number of ether oxygens (including phenoxy) is 1. The normalized spacial score (nSPS) is 12.7. The zero-order chi connectivity index (χ0) is 23.6. The molecule has 0 saturated heterocycles. The van der Waals surface area contributed by atoms with Crippen molar-refractivity contribution in [1.82, 2.24) is 9.97 Å². The molecule has 8 heteroatoms. The fourth-order valence-corrected chi connectivity index (χ4v) is 3.43. The van der Waals surface area contributed by atoms with E-state index in [9.17, 15) is 4.79 Å². The summed E-state index contributed by atoms with van der Waals surface area (Å²) in [6.07, 6.45) is 6.39.